The Bertz CT molecular complexity index is 1390. The quantitative estimate of drug-likeness (QED) is 0.295. The molecule has 8 heteroatoms. The number of anilines is 2. The number of likely N-dealkylation sites (tertiary alicyclic amines) is 1. The highest BCUT2D eigenvalue weighted by atomic mass is 19.1. The van der Waals surface area contributed by atoms with Gasteiger partial charge in [-0.3, -0.25) is 4.79 Å². The first-order chi connectivity index (χ1) is 19.8. The van der Waals surface area contributed by atoms with Gasteiger partial charge in [-0.2, -0.15) is 5.26 Å². The molecule has 2 aromatic rings. The van der Waals surface area contributed by atoms with E-state index in [0.29, 0.717) is 30.8 Å². The molecule has 1 atom stereocenters. The van der Waals surface area contributed by atoms with E-state index in [-0.39, 0.29) is 30.4 Å². The number of rotatable bonds is 7. The summed E-state index contributed by atoms with van der Waals surface area (Å²) < 4.78 is 13.4. The number of piperidine rings is 1. The second-order valence-corrected chi connectivity index (χ2v) is 10.7. The van der Waals surface area contributed by atoms with Crippen LogP contribution >= 0.6 is 0 Å². The van der Waals surface area contributed by atoms with Crippen LogP contribution in [-0.2, 0) is 0 Å². The minimum Gasteiger partial charge on any atom is -0.394 e. The summed E-state index contributed by atoms with van der Waals surface area (Å²) in [5.41, 5.74) is 5.77. The van der Waals surface area contributed by atoms with E-state index in [4.69, 9.17) is 6.42 Å². The standard InChI is InChI=1S/C33H38FN5O2/c1-5-7-32(25(6-2)20-35)37-14-12-27(13-15-37)36-31-19-30(23(3)18-24(31)4)33(41)38-16-17-39(29(21-38)22-40)28-10-8-26(34)9-11-28/h1,6-11,18-19,27,29,36,40H,12-17,21-22H2,2-4H3/b25-6-,32-7+. The number of nitrogens with one attached hydrogen (secondary N) is 1. The van der Waals surface area contributed by atoms with Gasteiger partial charge in [-0.05, 0) is 75.1 Å². The fourth-order valence-electron chi connectivity index (χ4n) is 5.75. The molecule has 2 aliphatic rings. The molecular formula is C33H38FN5O2. The zero-order chi connectivity index (χ0) is 29.5. The number of aliphatic hydroxyl groups excluding tert-OH is 1. The van der Waals surface area contributed by atoms with Crippen LogP contribution in [-0.4, -0.2) is 72.2 Å². The molecule has 41 heavy (non-hydrogen) atoms. The summed E-state index contributed by atoms with van der Waals surface area (Å²) in [4.78, 5) is 19.7. The van der Waals surface area contributed by atoms with Crippen molar-refractivity contribution in [3.05, 3.63) is 82.3 Å². The van der Waals surface area contributed by atoms with Crippen molar-refractivity contribution in [1.82, 2.24) is 9.80 Å². The van der Waals surface area contributed by atoms with Crippen molar-refractivity contribution in [1.29, 1.82) is 5.26 Å². The third-order valence-corrected chi connectivity index (χ3v) is 8.04. The van der Waals surface area contributed by atoms with Crippen molar-refractivity contribution in [3.8, 4) is 18.4 Å². The summed E-state index contributed by atoms with van der Waals surface area (Å²) in [5.74, 6) is 2.20. The highest BCUT2D eigenvalue weighted by molar-refractivity contribution is 5.97. The summed E-state index contributed by atoms with van der Waals surface area (Å²) in [5, 5.41) is 23.3. The smallest absolute Gasteiger partial charge is 0.254 e. The maximum atomic E-state index is 13.7. The van der Waals surface area contributed by atoms with Crippen molar-refractivity contribution in [2.45, 2.75) is 45.7 Å². The summed E-state index contributed by atoms with van der Waals surface area (Å²) in [6.45, 7) is 8.69. The van der Waals surface area contributed by atoms with E-state index < -0.39 is 0 Å². The molecule has 0 aromatic heterocycles. The molecule has 0 saturated carbocycles. The SMILES string of the molecule is C#C/C=C(\C(C#N)=C/C)N1CCC(Nc2cc(C(=O)N3CCN(c4ccc(F)cc4)C(CO)C3)c(C)cc2C)CC1. The summed E-state index contributed by atoms with van der Waals surface area (Å²) in [6, 6.07) is 12.4. The highest BCUT2D eigenvalue weighted by Gasteiger charge is 2.31. The van der Waals surface area contributed by atoms with E-state index in [9.17, 15) is 19.6 Å². The average molecular weight is 556 g/mol. The van der Waals surface area contributed by atoms with Gasteiger partial charge in [0.25, 0.3) is 5.91 Å². The molecule has 214 valence electrons. The first-order valence-electron chi connectivity index (χ1n) is 14.1. The Hall–Kier alpha value is -4.27. The summed E-state index contributed by atoms with van der Waals surface area (Å²) >= 11 is 0. The van der Waals surface area contributed by atoms with Crippen LogP contribution in [0.2, 0.25) is 0 Å². The molecule has 0 bridgehead atoms. The lowest BCUT2D eigenvalue weighted by Gasteiger charge is -2.42. The number of hydrogen-bond donors (Lipinski definition) is 2. The van der Waals surface area contributed by atoms with Crippen molar-refractivity contribution in [2.75, 3.05) is 49.5 Å². The Balaban J connectivity index is 1.44. The average Bonchev–Trinajstić information content (AvgIpc) is 2.99. The normalized spacial score (nSPS) is 18.6. The molecule has 4 rings (SSSR count). The largest absolute Gasteiger partial charge is 0.394 e. The van der Waals surface area contributed by atoms with E-state index in [0.717, 1.165) is 54.1 Å². The third kappa shape index (κ3) is 6.73. The molecule has 2 N–H and O–H groups in total. The number of halogens is 1. The van der Waals surface area contributed by atoms with Gasteiger partial charge in [0.05, 0.1) is 23.9 Å². The van der Waals surface area contributed by atoms with E-state index in [1.165, 1.54) is 12.1 Å². The number of hydrogen-bond acceptors (Lipinski definition) is 6. The number of allylic oxidation sites excluding steroid dienone is 3. The molecule has 2 aromatic carbocycles. The van der Waals surface area contributed by atoms with Crippen LogP contribution in [0.5, 0.6) is 0 Å². The van der Waals surface area contributed by atoms with Crippen molar-refractivity contribution in [3.63, 3.8) is 0 Å². The number of aliphatic hydroxyl groups is 1. The van der Waals surface area contributed by atoms with Gasteiger partial charge < -0.3 is 25.1 Å². The number of carbonyl (C=O) groups is 1. The van der Waals surface area contributed by atoms with E-state index in [1.807, 2.05) is 37.8 Å². The number of nitrogens with zero attached hydrogens (tertiary/aromatic N) is 4. The molecule has 1 amide bonds. The number of piperazine rings is 1. The molecule has 2 aliphatic heterocycles. The van der Waals surface area contributed by atoms with Crippen molar-refractivity contribution in [2.24, 2.45) is 0 Å². The molecule has 0 spiro atoms. The molecule has 7 nitrogen and oxygen atoms in total. The third-order valence-electron chi connectivity index (χ3n) is 8.04. The van der Waals surface area contributed by atoms with Gasteiger partial charge >= 0.3 is 0 Å². The Morgan fingerprint density at radius 1 is 1.12 bits per heavy atom. The van der Waals surface area contributed by atoms with Crippen LogP contribution in [0.4, 0.5) is 15.8 Å². The van der Waals surface area contributed by atoms with Gasteiger partial charge in [0.1, 0.15) is 11.9 Å². The topological polar surface area (TPSA) is 82.8 Å². The predicted molar refractivity (Wildman–Crippen MR) is 161 cm³/mol. The second kappa shape index (κ2) is 13.4. The zero-order valence-corrected chi connectivity index (χ0v) is 24.0. The summed E-state index contributed by atoms with van der Waals surface area (Å²) in [7, 11) is 0. The number of amides is 1. The Kier molecular flexibility index (Phi) is 9.70. The van der Waals surface area contributed by atoms with Crippen molar-refractivity contribution < 1.29 is 14.3 Å². The highest BCUT2D eigenvalue weighted by Crippen LogP contribution is 2.28. The molecule has 2 heterocycles. The van der Waals surface area contributed by atoms with Crippen LogP contribution in [0, 0.1) is 43.3 Å². The fourth-order valence-corrected chi connectivity index (χ4v) is 5.75. The van der Waals surface area contributed by atoms with Crippen LogP contribution in [0.1, 0.15) is 41.3 Å². The number of terminal acetylenes is 1. The zero-order valence-electron chi connectivity index (χ0n) is 24.0. The molecule has 2 fully saturated rings. The predicted octanol–water partition coefficient (Wildman–Crippen LogP) is 4.63. The number of nitriles is 1. The molecule has 2 saturated heterocycles. The molecule has 0 aliphatic carbocycles. The molecular weight excluding hydrogens is 517 g/mol. The lowest BCUT2D eigenvalue weighted by Crippen LogP contribution is -2.56. The van der Waals surface area contributed by atoms with Crippen LogP contribution < -0.4 is 10.2 Å². The van der Waals surface area contributed by atoms with Gasteiger partial charge in [-0.25, -0.2) is 4.39 Å². The Morgan fingerprint density at radius 3 is 2.44 bits per heavy atom. The summed E-state index contributed by atoms with van der Waals surface area (Å²) in [6.07, 6.45) is 10.7. The van der Waals surface area contributed by atoms with Crippen molar-refractivity contribution >= 4 is 17.3 Å². The minimum absolute atomic E-state index is 0.0583. The van der Waals surface area contributed by atoms with Gasteiger partial charge in [0.15, 0.2) is 0 Å². The monoisotopic (exact) mass is 555 g/mol. The van der Waals surface area contributed by atoms with E-state index >= 15 is 0 Å². The van der Waals surface area contributed by atoms with Gasteiger partial charge in [0.2, 0.25) is 0 Å². The van der Waals surface area contributed by atoms with Gasteiger partial charge in [0, 0.05) is 61.8 Å². The number of carbonyl (C=O) groups excluding carboxylic acids is 1. The molecule has 1 unspecified atom stereocenters. The van der Waals surface area contributed by atoms with E-state index in [1.54, 1.807) is 29.2 Å². The minimum atomic E-state index is -0.305. The maximum Gasteiger partial charge on any atom is 0.254 e. The number of aryl methyl sites for hydroxylation is 2. The Morgan fingerprint density at radius 2 is 1.83 bits per heavy atom. The molecule has 0 radical (unpaired) electrons. The number of benzene rings is 2. The second-order valence-electron chi connectivity index (χ2n) is 10.7. The lowest BCUT2D eigenvalue weighted by atomic mass is 9.98. The van der Waals surface area contributed by atoms with Crippen LogP contribution in [0.25, 0.3) is 0 Å². The first-order valence-corrected chi connectivity index (χ1v) is 14.1. The van der Waals surface area contributed by atoms with E-state index in [2.05, 4.69) is 22.2 Å². The fraction of sp³-hybridized carbons (Fsp3) is 0.394. The van der Waals surface area contributed by atoms with Gasteiger partial charge in [-0.15, -0.1) is 6.42 Å². The van der Waals surface area contributed by atoms with Gasteiger partial charge in [-0.1, -0.05) is 18.1 Å². The Labute approximate surface area is 242 Å². The van der Waals surface area contributed by atoms with Crippen LogP contribution in [0.3, 0.4) is 0 Å². The van der Waals surface area contributed by atoms with Crippen LogP contribution in [0.15, 0.2) is 59.8 Å². The lowest BCUT2D eigenvalue weighted by molar-refractivity contribution is 0.0698. The first kappa shape index (κ1) is 29.7. The maximum absolute atomic E-state index is 13.7.